The number of methoxy groups -OCH3 is 1. The molecular weight excluding hydrogens is 192 g/mol. The van der Waals surface area contributed by atoms with Crippen LogP contribution in [0.3, 0.4) is 0 Å². The highest BCUT2D eigenvalue weighted by atomic mass is 16.5. The molecule has 0 amide bonds. The van der Waals surface area contributed by atoms with Crippen LogP contribution in [-0.4, -0.2) is 19.7 Å². The number of hydrogen-bond donors (Lipinski definition) is 0. The van der Waals surface area contributed by atoms with Gasteiger partial charge in [-0.1, -0.05) is 32.6 Å². The van der Waals surface area contributed by atoms with Crippen LogP contribution in [0.15, 0.2) is 11.8 Å². The molecule has 0 fully saturated rings. The largest absolute Gasteiger partial charge is 0.504 e. The van der Waals surface area contributed by atoms with Crippen molar-refractivity contribution in [3.05, 3.63) is 11.8 Å². The van der Waals surface area contributed by atoms with E-state index in [2.05, 4.69) is 6.92 Å². The highest BCUT2D eigenvalue weighted by molar-refractivity contribution is 5.87. The molecule has 0 aromatic rings. The number of ether oxygens (including phenoxy) is 2. The Morgan fingerprint density at radius 2 is 1.87 bits per heavy atom. The van der Waals surface area contributed by atoms with Gasteiger partial charge in [0.2, 0.25) is 0 Å². The molecule has 3 heteroatoms. The molecule has 0 aromatic carbocycles. The van der Waals surface area contributed by atoms with Crippen molar-refractivity contribution in [2.75, 3.05) is 13.7 Å². The van der Waals surface area contributed by atoms with Crippen molar-refractivity contribution in [2.24, 2.45) is 0 Å². The van der Waals surface area contributed by atoms with Crippen LogP contribution in [0.25, 0.3) is 0 Å². The van der Waals surface area contributed by atoms with E-state index in [1.807, 2.05) is 0 Å². The smallest absolute Gasteiger partial charge is 0.336 e. The van der Waals surface area contributed by atoms with E-state index < -0.39 is 0 Å². The Kier molecular flexibility index (Phi) is 8.93. The lowest BCUT2D eigenvalue weighted by molar-refractivity contribution is -0.139. The molecule has 0 radical (unpaired) electrons. The fraction of sp³-hybridized carbons (Fsp3) is 0.750. The maximum absolute atomic E-state index is 11.3. The summed E-state index contributed by atoms with van der Waals surface area (Å²) in [5.74, 6) is -0.285. The third-order valence-electron chi connectivity index (χ3n) is 2.10. The monoisotopic (exact) mass is 214 g/mol. The molecule has 0 aliphatic heterocycles. The summed E-state index contributed by atoms with van der Waals surface area (Å²) in [5.41, 5.74) is 0.506. The Bertz CT molecular complexity index is 197. The van der Waals surface area contributed by atoms with E-state index in [1.54, 1.807) is 6.92 Å². The zero-order chi connectivity index (χ0) is 11.5. The molecule has 0 N–H and O–H groups in total. The lowest BCUT2D eigenvalue weighted by atomic mass is 10.2. The van der Waals surface area contributed by atoms with E-state index in [4.69, 9.17) is 9.47 Å². The molecule has 0 saturated heterocycles. The standard InChI is InChI=1S/C12H22O3/c1-4-5-6-7-8-9-15-12(13)11(2)10-14-3/h10H,4-9H2,1-3H3/b11-10+. The van der Waals surface area contributed by atoms with Gasteiger partial charge in [-0.3, -0.25) is 0 Å². The number of unbranched alkanes of at least 4 members (excludes halogenated alkanes) is 4. The van der Waals surface area contributed by atoms with Gasteiger partial charge in [-0.15, -0.1) is 0 Å². The molecule has 0 rings (SSSR count). The molecule has 15 heavy (non-hydrogen) atoms. The molecule has 0 aromatic heterocycles. The van der Waals surface area contributed by atoms with Crippen LogP contribution in [0.2, 0.25) is 0 Å². The van der Waals surface area contributed by atoms with E-state index in [9.17, 15) is 4.79 Å². The van der Waals surface area contributed by atoms with Crippen molar-refractivity contribution in [1.82, 2.24) is 0 Å². The molecule has 0 atom stereocenters. The van der Waals surface area contributed by atoms with Crippen LogP contribution in [-0.2, 0) is 14.3 Å². The van der Waals surface area contributed by atoms with Gasteiger partial charge in [-0.25, -0.2) is 4.79 Å². The Morgan fingerprint density at radius 3 is 2.47 bits per heavy atom. The van der Waals surface area contributed by atoms with Crippen molar-refractivity contribution in [3.63, 3.8) is 0 Å². The molecule has 0 bridgehead atoms. The molecule has 88 valence electrons. The van der Waals surface area contributed by atoms with Crippen molar-refractivity contribution >= 4 is 5.97 Å². The van der Waals surface area contributed by atoms with Gasteiger partial charge in [0.05, 0.1) is 25.6 Å². The summed E-state index contributed by atoms with van der Waals surface area (Å²) in [4.78, 5) is 11.3. The second-order valence-corrected chi connectivity index (χ2v) is 3.59. The third kappa shape index (κ3) is 8.03. The topological polar surface area (TPSA) is 35.5 Å². The van der Waals surface area contributed by atoms with Crippen molar-refractivity contribution < 1.29 is 14.3 Å². The van der Waals surface area contributed by atoms with E-state index in [0.29, 0.717) is 12.2 Å². The Morgan fingerprint density at radius 1 is 1.20 bits per heavy atom. The fourth-order valence-corrected chi connectivity index (χ4v) is 1.21. The van der Waals surface area contributed by atoms with Gasteiger partial charge in [0.25, 0.3) is 0 Å². The third-order valence-corrected chi connectivity index (χ3v) is 2.10. The highest BCUT2D eigenvalue weighted by Gasteiger charge is 2.04. The molecule has 0 heterocycles. The quantitative estimate of drug-likeness (QED) is 0.269. The lowest BCUT2D eigenvalue weighted by Gasteiger charge is -2.04. The first-order chi connectivity index (χ1) is 7.22. The lowest BCUT2D eigenvalue weighted by Crippen LogP contribution is -2.07. The van der Waals surface area contributed by atoms with Crippen LogP contribution < -0.4 is 0 Å². The van der Waals surface area contributed by atoms with E-state index in [1.165, 1.54) is 32.6 Å². The van der Waals surface area contributed by atoms with Gasteiger partial charge >= 0.3 is 5.97 Å². The summed E-state index contributed by atoms with van der Waals surface area (Å²) in [6, 6.07) is 0. The minimum Gasteiger partial charge on any atom is -0.504 e. The van der Waals surface area contributed by atoms with Crippen molar-refractivity contribution in [3.8, 4) is 0 Å². The number of rotatable bonds is 8. The summed E-state index contributed by atoms with van der Waals surface area (Å²) < 4.78 is 9.77. The summed E-state index contributed by atoms with van der Waals surface area (Å²) >= 11 is 0. The summed E-state index contributed by atoms with van der Waals surface area (Å²) in [6.07, 6.45) is 7.20. The maximum Gasteiger partial charge on any atom is 0.336 e. The minimum atomic E-state index is -0.285. The zero-order valence-electron chi connectivity index (χ0n) is 10.0. The molecule has 0 aliphatic carbocycles. The van der Waals surface area contributed by atoms with Gasteiger partial charge < -0.3 is 9.47 Å². The average molecular weight is 214 g/mol. The van der Waals surface area contributed by atoms with Crippen LogP contribution in [0.1, 0.15) is 46.0 Å². The van der Waals surface area contributed by atoms with Crippen LogP contribution in [0.4, 0.5) is 0 Å². The molecular formula is C12H22O3. The summed E-state index contributed by atoms with van der Waals surface area (Å²) in [7, 11) is 1.52. The Hall–Kier alpha value is -0.990. The average Bonchev–Trinajstić information content (AvgIpc) is 2.23. The second kappa shape index (κ2) is 9.56. The number of esters is 1. The number of hydrogen-bond acceptors (Lipinski definition) is 3. The minimum absolute atomic E-state index is 0.285. The molecule has 0 aliphatic rings. The van der Waals surface area contributed by atoms with Crippen LogP contribution in [0.5, 0.6) is 0 Å². The first-order valence-electron chi connectivity index (χ1n) is 5.59. The van der Waals surface area contributed by atoms with E-state index >= 15 is 0 Å². The van der Waals surface area contributed by atoms with E-state index in [-0.39, 0.29) is 5.97 Å². The Balaban J connectivity index is 3.43. The van der Waals surface area contributed by atoms with E-state index in [0.717, 1.165) is 12.8 Å². The van der Waals surface area contributed by atoms with Crippen LogP contribution in [0, 0.1) is 0 Å². The maximum atomic E-state index is 11.3. The predicted octanol–water partition coefficient (Wildman–Crippen LogP) is 3.05. The Labute approximate surface area is 92.5 Å². The van der Waals surface area contributed by atoms with Crippen LogP contribution >= 0.6 is 0 Å². The van der Waals surface area contributed by atoms with Gasteiger partial charge in [-0.2, -0.15) is 0 Å². The van der Waals surface area contributed by atoms with Gasteiger partial charge in [-0.05, 0) is 13.3 Å². The molecule has 3 nitrogen and oxygen atoms in total. The molecule has 0 unspecified atom stereocenters. The molecule has 0 saturated carbocycles. The summed E-state index contributed by atoms with van der Waals surface area (Å²) in [6.45, 7) is 4.37. The van der Waals surface area contributed by atoms with Crippen molar-refractivity contribution in [2.45, 2.75) is 46.0 Å². The number of carbonyl (C=O) groups is 1. The first-order valence-corrected chi connectivity index (χ1v) is 5.59. The van der Waals surface area contributed by atoms with Crippen molar-refractivity contribution in [1.29, 1.82) is 0 Å². The zero-order valence-corrected chi connectivity index (χ0v) is 10.0. The second-order valence-electron chi connectivity index (χ2n) is 3.59. The normalized spacial score (nSPS) is 11.3. The van der Waals surface area contributed by atoms with Gasteiger partial charge in [0, 0.05) is 0 Å². The fourth-order valence-electron chi connectivity index (χ4n) is 1.21. The van der Waals surface area contributed by atoms with Gasteiger partial charge in [0.1, 0.15) is 0 Å². The SMILES string of the molecule is CCCCCCCOC(=O)/C(C)=C/OC. The summed E-state index contributed by atoms with van der Waals surface area (Å²) in [5, 5.41) is 0. The number of carbonyl (C=O) groups excluding carboxylic acids is 1. The predicted molar refractivity (Wildman–Crippen MR) is 60.5 cm³/mol. The molecule has 0 spiro atoms. The van der Waals surface area contributed by atoms with Gasteiger partial charge in [0.15, 0.2) is 0 Å². The highest BCUT2D eigenvalue weighted by Crippen LogP contribution is 2.03. The first kappa shape index (κ1) is 14.0.